The first kappa shape index (κ1) is 16.1. The van der Waals surface area contributed by atoms with Crippen LogP contribution in [0.5, 0.6) is 0 Å². The maximum absolute atomic E-state index is 12.4. The number of nitrogens with two attached hydrogens (primary N) is 1. The summed E-state index contributed by atoms with van der Waals surface area (Å²) in [6.45, 7) is 3.70. The highest BCUT2D eigenvalue weighted by molar-refractivity contribution is 5.94. The second kappa shape index (κ2) is 6.49. The van der Waals surface area contributed by atoms with Crippen molar-refractivity contribution >= 4 is 5.91 Å². The molecule has 2 saturated carbocycles. The molecule has 0 aromatic heterocycles. The first-order chi connectivity index (χ1) is 11.7. The normalized spacial score (nSPS) is 28.9. The van der Waals surface area contributed by atoms with E-state index in [1.54, 1.807) is 0 Å². The van der Waals surface area contributed by atoms with Crippen molar-refractivity contribution in [1.82, 2.24) is 10.2 Å². The molecule has 0 spiro atoms. The van der Waals surface area contributed by atoms with Crippen molar-refractivity contribution in [2.24, 2.45) is 5.73 Å². The molecule has 3 N–H and O–H groups in total. The fourth-order valence-electron chi connectivity index (χ4n) is 4.45. The number of nitrogens with zero attached hydrogens (tertiary/aromatic N) is 1. The van der Waals surface area contributed by atoms with Gasteiger partial charge in [0, 0.05) is 29.6 Å². The predicted molar refractivity (Wildman–Crippen MR) is 96.1 cm³/mol. The van der Waals surface area contributed by atoms with Crippen LogP contribution in [0.15, 0.2) is 24.3 Å². The summed E-state index contributed by atoms with van der Waals surface area (Å²) in [5.41, 5.74) is 8.57. The SMILES string of the molecule is NC1CCCC1NC(=O)c1ccc(C2(CN3CCCC3)CC2)cc1. The van der Waals surface area contributed by atoms with Gasteiger partial charge in [0.15, 0.2) is 0 Å². The van der Waals surface area contributed by atoms with Gasteiger partial charge in [-0.3, -0.25) is 4.79 Å². The second-order valence-corrected chi connectivity index (χ2v) is 8.02. The Hall–Kier alpha value is -1.39. The maximum atomic E-state index is 12.4. The quantitative estimate of drug-likeness (QED) is 0.873. The molecule has 1 aliphatic heterocycles. The van der Waals surface area contributed by atoms with Crippen LogP contribution in [0.1, 0.15) is 60.9 Å². The number of benzene rings is 1. The van der Waals surface area contributed by atoms with Crippen LogP contribution in [-0.2, 0) is 5.41 Å². The van der Waals surface area contributed by atoms with Crippen molar-refractivity contribution in [3.63, 3.8) is 0 Å². The van der Waals surface area contributed by atoms with Crippen molar-refractivity contribution in [2.45, 2.75) is 62.4 Å². The number of rotatable bonds is 5. The van der Waals surface area contributed by atoms with Gasteiger partial charge in [-0.05, 0) is 75.7 Å². The van der Waals surface area contributed by atoms with Gasteiger partial charge in [-0.1, -0.05) is 12.1 Å². The zero-order valence-corrected chi connectivity index (χ0v) is 14.5. The lowest BCUT2D eigenvalue weighted by atomic mass is 9.94. The van der Waals surface area contributed by atoms with Crippen LogP contribution in [0.25, 0.3) is 0 Å². The van der Waals surface area contributed by atoms with Gasteiger partial charge in [-0.2, -0.15) is 0 Å². The minimum absolute atomic E-state index is 0.0216. The molecule has 2 atom stereocenters. The Kier molecular flexibility index (Phi) is 4.35. The molecule has 130 valence electrons. The van der Waals surface area contributed by atoms with E-state index in [-0.39, 0.29) is 18.0 Å². The highest BCUT2D eigenvalue weighted by atomic mass is 16.1. The van der Waals surface area contributed by atoms with Gasteiger partial charge in [0.1, 0.15) is 0 Å². The van der Waals surface area contributed by atoms with Gasteiger partial charge >= 0.3 is 0 Å². The van der Waals surface area contributed by atoms with E-state index in [0.29, 0.717) is 5.41 Å². The smallest absolute Gasteiger partial charge is 0.251 e. The van der Waals surface area contributed by atoms with E-state index in [4.69, 9.17) is 5.73 Å². The van der Waals surface area contributed by atoms with Crippen LogP contribution in [0.3, 0.4) is 0 Å². The maximum Gasteiger partial charge on any atom is 0.251 e. The van der Waals surface area contributed by atoms with Gasteiger partial charge in [-0.15, -0.1) is 0 Å². The number of hydrogen-bond acceptors (Lipinski definition) is 3. The van der Waals surface area contributed by atoms with Crippen molar-refractivity contribution in [3.8, 4) is 0 Å². The second-order valence-electron chi connectivity index (χ2n) is 8.02. The molecule has 4 nitrogen and oxygen atoms in total. The summed E-state index contributed by atoms with van der Waals surface area (Å²) in [6.07, 6.45) is 8.39. The molecular formula is C20H29N3O. The summed E-state index contributed by atoms with van der Waals surface area (Å²) < 4.78 is 0. The summed E-state index contributed by atoms with van der Waals surface area (Å²) in [7, 11) is 0. The van der Waals surface area contributed by atoms with Crippen LogP contribution in [0, 0.1) is 0 Å². The van der Waals surface area contributed by atoms with E-state index in [9.17, 15) is 4.79 Å². The van der Waals surface area contributed by atoms with E-state index in [1.165, 1.54) is 50.9 Å². The molecule has 0 bridgehead atoms. The van der Waals surface area contributed by atoms with E-state index in [0.717, 1.165) is 24.8 Å². The van der Waals surface area contributed by atoms with Crippen molar-refractivity contribution in [3.05, 3.63) is 35.4 Å². The average Bonchev–Trinajstić information content (AvgIpc) is 2.98. The predicted octanol–water partition coefficient (Wildman–Crippen LogP) is 2.42. The minimum Gasteiger partial charge on any atom is -0.348 e. The number of carbonyl (C=O) groups is 1. The zero-order chi connectivity index (χ0) is 16.6. The molecule has 24 heavy (non-hydrogen) atoms. The van der Waals surface area contributed by atoms with Crippen LogP contribution in [0.2, 0.25) is 0 Å². The minimum atomic E-state index is 0.0216. The number of carbonyl (C=O) groups excluding carboxylic acids is 1. The van der Waals surface area contributed by atoms with Crippen LogP contribution in [0.4, 0.5) is 0 Å². The third-order valence-corrected chi connectivity index (χ3v) is 6.22. The summed E-state index contributed by atoms with van der Waals surface area (Å²) in [4.78, 5) is 15.0. The first-order valence-electron chi connectivity index (χ1n) is 9.56. The Balaban J connectivity index is 1.40. The van der Waals surface area contributed by atoms with Gasteiger partial charge in [-0.25, -0.2) is 0 Å². The van der Waals surface area contributed by atoms with Gasteiger partial charge in [0.05, 0.1) is 0 Å². The standard InChI is InChI=1S/C20H29N3O/c21-17-4-3-5-18(17)22-19(24)15-6-8-16(9-7-15)20(10-11-20)14-23-12-1-2-13-23/h6-9,17-18H,1-5,10-14,21H2,(H,22,24). The van der Waals surface area contributed by atoms with Gasteiger partial charge in [0.2, 0.25) is 0 Å². The lowest BCUT2D eigenvalue weighted by Gasteiger charge is -2.23. The molecule has 1 heterocycles. The molecule has 4 heteroatoms. The molecule has 0 radical (unpaired) electrons. The molecule has 1 amide bonds. The molecule has 1 aromatic rings. The third-order valence-electron chi connectivity index (χ3n) is 6.22. The van der Waals surface area contributed by atoms with Crippen LogP contribution < -0.4 is 11.1 Å². The van der Waals surface area contributed by atoms with E-state index < -0.39 is 0 Å². The van der Waals surface area contributed by atoms with Gasteiger partial charge < -0.3 is 16.0 Å². The number of amides is 1. The van der Waals surface area contributed by atoms with Crippen molar-refractivity contribution in [1.29, 1.82) is 0 Å². The van der Waals surface area contributed by atoms with Crippen molar-refractivity contribution < 1.29 is 4.79 Å². The lowest BCUT2D eigenvalue weighted by Crippen LogP contribution is -2.43. The number of likely N-dealkylation sites (tertiary alicyclic amines) is 1. The Morgan fingerprint density at radius 1 is 1.12 bits per heavy atom. The highest BCUT2D eigenvalue weighted by Crippen LogP contribution is 2.49. The molecule has 1 aromatic carbocycles. The van der Waals surface area contributed by atoms with E-state index >= 15 is 0 Å². The molecule has 4 rings (SSSR count). The third kappa shape index (κ3) is 3.22. The molecule has 3 aliphatic rings. The topological polar surface area (TPSA) is 58.4 Å². The Morgan fingerprint density at radius 3 is 2.42 bits per heavy atom. The zero-order valence-electron chi connectivity index (χ0n) is 14.5. The van der Waals surface area contributed by atoms with E-state index in [2.05, 4.69) is 22.3 Å². The average molecular weight is 327 g/mol. The van der Waals surface area contributed by atoms with Crippen LogP contribution in [-0.4, -0.2) is 42.5 Å². The molecule has 2 unspecified atom stereocenters. The number of nitrogens with one attached hydrogen (secondary N) is 1. The highest BCUT2D eigenvalue weighted by Gasteiger charge is 2.45. The van der Waals surface area contributed by atoms with E-state index in [1.807, 2.05) is 12.1 Å². The Bertz CT molecular complexity index is 587. The van der Waals surface area contributed by atoms with Gasteiger partial charge in [0.25, 0.3) is 5.91 Å². The molecule has 2 aliphatic carbocycles. The Morgan fingerprint density at radius 2 is 1.83 bits per heavy atom. The first-order valence-corrected chi connectivity index (χ1v) is 9.56. The molecular weight excluding hydrogens is 298 g/mol. The summed E-state index contributed by atoms with van der Waals surface area (Å²) >= 11 is 0. The summed E-state index contributed by atoms with van der Waals surface area (Å²) in [5.74, 6) is 0.0216. The fraction of sp³-hybridized carbons (Fsp3) is 0.650. The number of hydrogen-bond donors (Lipinski definition) is 2. The lowest BCUT2D eigenvalue weighted by molar-refractivity contribution is 0.0934. The monoisotopic (exact) mass is 327 g/mol. The summed E-state index contributed by atoms with van der Waals surface area (Å²) in [5, 5.41) is 3.11. The molecule has 3 fully saturated rings. The molecule has 1 saturated heterocycles. The fourth-order valence-corrected chi connectivity index (χ4v) is 4.45. The largest absolute Gasteiger partial charge is 0.348 e. The van der Waals surface area contributed by atoms with Crippen molar-refractivity contribution in [2.75, 3.05) is 19.6 Å². The van der Waals surface area contributed by atoms with Crippen LogP contribution >= 0.6 is 0 Å². The summed E-state index contributed by atoms with van der Waals surface area (Å²) in [6, 6.07) is 8.59. The Labute approximate surface area is 144 Å².